The predicted octanol–water partition coefficient (Wildman–Crippen LogP) is 0.448. The summed E-state index contributed by atoms with van der Waals surface area (Å²) in [6, 6.07) is 10.3. The van der Waals surface area contributed by atoms with E-state index in [2.05, 4.69) is 5.32 Å². The first kappa shape index (κ1) is 17.4. The van der Waals surface area contributed by atoms with Gasteiger partial charge in [-0.1, -0.05) is 18.2 Å². The van der Waals surface area contributed by atoms with Crippen molar-refractivity contribution in [2.24, 2.45) is 11.7 Å². The van der Waals surface area contributed by atoms with E-state index in [1.165, 1.54) is 29.0 Å². The predicted molar refractivity (Wildman–Crippen MR) is 86.5 cm³/mol. The molecule has 0 aliphatic heterocycles. The second-order valence-corrected chi connectivity index (χ2v) is 5.40. The van der Waals surface area contributed by atoms with Crippen LogP contribution in [0.15, 0.2) is 53.5 Å². The van der Waals surface area contributed by atoms with Crippen molar-refractivity contribution in [2.75, 3.05) is 6.54 Å². The van der Waals surface area contributed by atoms with E-state index >= 15 is 0 Å². The molecule has 0 spiro atoms. The lowest BCUT2D eigenvalue weighted by Crippen LogP contribution is -2.39. The number of hydrogen-bond acceptors (Lipinski definition) is 3. The standard InChI is InChI=1S/C17H18FN3O3/c18-14-6-4-12(5-7-14)9-13(17(19)24)10-20-15(22)11-21-8-2-1-3-16(21)23/h1-8,13H,9-11H2,(H2,19,24)(H,20,22)/t13-/m1/s1. The van der Waals surface area contributed by atoms with Crippen LogP contribution in [0.5, 0.6) is 0 Å². The minimum Gasteiger partial charge on any atom is -0.369 e. The third kappa shape index (κ3) is 5.05. The molecule has 2 aromatic rings. The fourth-order valence-corrected chi connectivity index (χ4v) is 2.22. The van der Waals surface area contributed by atoms with Crippen LogP contribution >= 0.6 is 0 Å². The number of rotatable bonds is 7. The number of carbonyl (C=O) groups is 2. The van der Waals surface area contributed by atoms with Crippen LogP contribution in [-0.4, -0.2) is 22.9 Å². The lowest BCUT2D eigenvalue weighted by atomic mass is 9.98. The highest BCUT2D eigenvalue weighted by atomic mass is 19.1. The Bertz CT molecular complexity index is 771. The Kier molecular flexibility index (Phi) is 5.83. The highest BCUT2D eigenvalue weighted by Crippen LogP contribution is 2.09. The maximum absolute atomic E-state index is 12.9. The van der Waals surface area contributed by atoms with Crippen LogP contribution in [-0.2, 0) is 22.6 Å². The van der Waals surface area contributed by atoms with Crippen molar-refractivity contribution in [3.05, 3.63) is 70.4 Å². The molecule has 0 unspecified atom stereocenters. The summed E-state index contributed by atoms with van der Waals surface area (Å²) < 4.78 is 14.2. The summed E-state index contributed by atoms with van der Waals surface area (Å²) in [5.41, 5.74) is 5.82. The number of hydrogen-bond donors (Lipinski definition) is 2. The van der Waals surface area contributed by atoms with E-state index in [-0.39, 0.29) is 24.5 Å². The Balaban J connectivity index is 1.92. The number of nitrogens with two attached hydrogens (primary N) is 1. The zero-order valence-electron chi connectivity index (χ0n) is 12.9. The summed E-state index contributed by atoms with van der Waals surface area (Å²) in [6.07, 6.45) is 1.80. The number of amides is 2. The van der Waals surface area contributed by atoms with Gasteiger partial charge in [-0.15, -0.1) is 0 Å². The average Bonchev–Trinajstić information content (AvgIpc) is 2.55. The second kappa shape index (κ2) is 8.05. The number of nitrogens with one attached hydrogen (secondary N) is 1. The van der Waals surface area contributed by atoms with Gasteiger partial charge in [0.05, 0.1) is 5.92 Å². The highest BCUT2D eigenvalue weighted by molar-refractivity contribution is 5.79. The maximum atomic E-state index is 12.9. The Morgan fingerprint density at radius 2 is 1.88 bits per heavy atom. The van der Waals surface area contributed by atoms with Crippen molar-refractivity contribution in [2.45, 2.75) is 13.0 Å². The number of nitrogens with zero attached hydrogens (tertiary/aromatic N) is 1. The Labute approximate surface area is 138 Å². The zero-order valence-corrected chi connectivity index (χ0v) is 12.9. The van der Waals surface area contributed by atoms with Crippen LogP contribution in [0, 0.1) is 11.7 Å². The number of primary amides is 1. The lowest BCUT2D eigenvalue weighted by molar-refractivity contribution is -0.123. The van der Waals surface area contributed by atoms with E-state index in [4.69, 9.17) is 5.73 Å². The topological polar surface area (TPSA) is 94.2 Å². The summed E-state index contributed by atoms with van der Waals surface area (Å²) in [7, 11) is 0. The van der Waals surface area contributed by atoms with E-state index in [0.717, 1.165) is 5.56 Å². The molecule has 0 bridgehead atoms. The first-order valence-electron chi connectivity index (χ1n) is 7.41. The summed E-state index contributed by atoms with van der Waals surface area (Å²) in [6.45, 7) is -0.0885. The van der Waals surface area contributed by atoms with Gasteiger partial charge < -0.3 is 15.6 Å². The van der Waals surface area contributed by atoms with Crippen LogP contribution in [0.1, 0.15) is 5.56 Å². The third-order valence-electron chi connectivity index (χ3n) is 3.56. The monoisotopic (exact) mass is 331 g/mol. The molecule has 2 amide bonds. The van der Waals surface area contributed by atoms with Crippen molar-refractivity contribution >= 4 is 11.8 Å². The largest absolute Gasteiger partial charge is 0.369 e. The number of aromatic nitrogens is 1. The molecule has 6 nitrogen and oxygen atoms in total. The number of carbonyl (C=O) groups excluding carboxylic acids is 2. The molecule has 7 heteroatoms. The smallest absolute Gasteiger partial charge is 0.250 e. The van der Waals surface area contributed by atoms with Gasteiger partial charge in [-0.3, -0.25) is 14.4 Å². The Morgan fingerprint density at radius 1 is 1.17 bits per heavy atom. The first-order valence-corrected chi connectivity index (χ1v) is 7.41. The average molecular weight is 331 g/mol. The fraction of sp³-hybridized carbons (Fsp3) is 0.235. The van der Waals surface area contributed by atoms with Crippen LogP contribution in [0.3, 0.4) is 0 Å². The molecule has 2 rings (SSSR count). The fourth-order valence-electron chi connectivity index (χ4n) is 2.22. The minimum absolute atomic E-state index is 0.0487. The molecule has 1 heterocycles. The molecule has 0 radical (unpaired) electrons. The summed E-state index contributed by atoms with van der Waals surface area (Å²) >= 11 is 0. The van der Waals surface area contributed by atoms with Crippen molar-refractivity contribution in [3.63, 3.8) is 0 Å². The number of pyridine rings is 1. The molecule has 1 aromatic heterocycles. The van der Waals surface area contributed by atoms with Gasteiger partial charge in [0.25, 0.3) is 5.56 Å². The number of halogens is 1. The molecule has 1 atom stereocenters. The molecule has 0 aliphatic rings. The molecule has 0 saturated carbocycles. The lowest BCUT2D eigenvalue weighted by Gasteiger charge is -2.15. The van der Waals surface area contributed by atoms with Crippen LogP contribution in [0.2, 0.25) is 0 Å². The summed E-state index contributed by atoms with van der Waals surface area (Å²) in [5, 5.41) is 2.60. The van der Waals surface area contributed by atoms with Gasteiger partial charge in [-0.2, -0.15) is 0 Å². The molecule has 0 saturated heterocycles. The number of benzene rings is 1. The van der Waals surface area contributed by atoms with Crippen molar-refractivity contribution in [3.8, 4) is 0 Å². The first-order chi connectivity index (χ1) is 11.5. The molecule has 0 aliphatic carbocycles. The van der Waals surface area contributed by atoms with Gasteiger partial charge in [-0.25, -0.2) is 4.39 Å². The Hall–Kier alpha value is -2.96. The van der Waals surface area contributed by atoms with Crippen molar-refractivity contribution in [1.29, 1.82) is 0 Å². The minimum atomic E-state index is -0.619. The quantitative estimate of drug-likeness (QED) is 0.771. The zero-order chi connectivity index (χ0) is 17.5. The molecule has 0 fully saturated rings. The van der Waals surface area contributed by atoms with Crippen LogP contribution in [0.4, 0.5) is 4.39 Å². The van der Waals surface area contributed by atoms with Gasteiger partial charge in [0.2, 0.25) is 11.8 Å². The Morgan fingerprint density at radius 3 is 2.50 bits per heavy atom. The normalized spacial score (nSPS) is 11.7. The van der Waals surface area contributed by atoms with Gasteiger partial charge in [0.15, 0.2) is 0 Å². The maximum Gasteiger partial charge on any atom is 0.250 e. The molecule has 126 valence electrons. The molecule has 24 heavy (non-hydrogen) atoms. The van der Waals surface area contributed by atoms with E-state index in [1.54, 1.807) is 24.3 Å². The van der Waals surface area contributed by atoms with Gasteiger partial charge >= 0.3 is 0 Å². The third-order valence-corrected chi connectivity index (χ3v) is 3.56. The SMILES string of the molecule is NC(=O)[C@@H](CNC(=O)Cn1ccccc1=O)Cc1ccc(F)cc1. The van der Waals surface area contributed by atoms with Crippen molar-refractivity contribution in [1.82, 2.24) is 9.88 Å². The molecule has 1 aromatic carbocycles. The van der Waals surface area contributed by atoms with Gasteiger partial charge in [0, 0.05) is 18.8 Å². The summed E-state index contributed by atoms with van der Waals surface area (Å²) in [4.78, 5) is 35.0. The van der Waals surface area contributed by atoms with Crippen molar-refractivity contribution < 1.29 is 14.0 Å². The van der Waals surface area contributed by atoms with E-state index in [1.807, 2.05) is 0 Å². The van der Waals surface area contributed by atoms with Gasteiger partial charge in [-0.05, 0) is 30.2 Å². The highest BCUT2D eigenvalue weighted by Gasteiger charge is 2.17. The van der Waals surface area contributed by atoms with Crippen LogP contribution in [0.25, 0.3) is 0 Å². The van der Waals surface area contributed by atoms with E-state index < -0.39 is 17.7 Å². The second-order valence-electron chi connectivity index (χ2n) is 5.40. The van der Waals surface area contributed by atoms with E-state index in [0.29, 0.717) is 6.42 Å². The molecule has 3 N–H and O–H groups in total. The summed E-state index contributed by atoms with van der Waals surface area (Å²) in [5.74, 6) is -1.94. The van der Waals surface area contributed by atoms with E-state index in [9.17, 15) is 18.8 Å². The van der Waals surface area contributed by atoms with Gasteiger partial charge in [0.1, 0.15) is 12.4 Å². The molecular formula is C17H18FN3O3. The molecular weight excluding hydrogens is 313 g/mol. The van der Waals surface area contributed by atoms with Crippen LogP contribution < -0.4 is 16.6 Å².